The molecule has 0 heterocycles. The van der Waals surface area contributed by atoms with E-state index in [4.69, 9.17) is 5.73 Å². The molecule has 0 aliphatic heterocycles. The van der Waals surface area contributed by atoms with Crippen molar-refractivity contribution in [1.82, 2.24) is 0 Å². The number of rotatable bonds is 4. The van der Waals surface area contributed by atoms with Gasteiger partial charge in [0.1, 0.15) is 10.7 Å². The summed E-state index contributed by atoms with van der Waals surface area (Å²) in [5, 5.41) is 0. The van der Waals surface area contributed by atoms with Gasteiger partial charge in [-0.3, -0.25) is 4.79 Å². The Labute approximate surface area is 67.1 Å². The number of thiol groups is 1. The number of amides is 1. The van der Waals surface area contributed by atoms with Gasteiger partial charge in [-0.1, -0.05) is 0 Å². The van der Waals surface area contributed by atoms with Crippen LogP contribution < -0.4 is 5.73 Å². The summed E-state index contributed by atoms with van der Waals surface area (Å²) < 4.78 is 19.7. The Morgan fingerprint density at radius 2 is 1.90 bits per heavy atom. The summed E-state index contributed by atoms with van der Waals surface area (Å²) in [4.78, 5) is 10.0. The van der Waals surface area contributed by atoms with Crippen molar-refractivity contribution in [3.05, 3.63) is 0 Å². The highest BCUT2D eigenvalue weighted by Gasteiger charge is 1.93. The predicted molar refractivity (Wildman–Crippen MR) is 40.9 cm³/mol. The quantitative estimate of drug-likeness (QED) is 0.571. The monoisotopic (exact) mass is 187 g/mol. The summed E-state index contributed by atoms with van der Waals surface area (Å²) in [5.74, 6) is -0.398. The molecule has 6 heteroatoms. The van der Waals surface area contributed by atoms with Crippen molar-refractivity contribution in [2.75, 3.05) is 5.75 Å². The number of hydrogen-bond acceptors (Lipinski definition) is 3. The number of halogens is 1. The van der Waals surface area contributed by atoms with Gasteiger partial charge in [0.15, 0.2) is 0 Å². The molecule has 0 unspecified atom stereocenters. The van der Waals surface area contributed by atoms with E-state index in [0.717, 1.165) is 0 Å². The molecule has 0 saturated heterocycles. The van der Waals surface area contributed by atoms with Gasteiger partial charge in [-0.05, 0) is 6.42 Å². The second-order valence-electron chi connectivity index (χ2n) is 1.63. The second-order valence-corrected chi connectivity index (χ2v) is 2.74. The number of nitrogens with two attached hydrogens (primary N) is 1. The van der Waals surface area contributed by atoms with Gasteiger partial charge in [0.25, 0.3) is 0 Å². The van der Waals surface area contributed by atoms with Crippen LogP contribution in [0.4, 0.5) is 0 Å². The largest absolute Gasteiger partial charge is 0.370 e. The molecule has 0 radical (unpaired) electrons. The molecule has 0 aliphatic carbocycles. The minimum absolute atomic E-state index is 0. The van der Waals surface area contributed by atoms with Gasteiger partial charge in [0, 0.05) is 12.2 Å². The van der Waals surface area contributed by atoms with Crippen molar-refractivity contribution in [3.8, 4) is 0 Å². The molecule has 4 nitrogen and oxygen atoms in total. The summed E-state index contributed by atoms with van der Waals surface area (Å²) in [6.45, 7) is 0. The van der Waals surface area contributed by atoms with Crippen LogP contribution in [-0.2, 0) is 15.5 Å². The van der Waals surface area contributed by atoms with Crippen LogP contribution in [0.5, 0.6) is 0 Å². The van der Waals surface area contributed by atoms with Gasteiger partial charge in [-0.25, -0.2) is 8.42 Å². The average Bonchev–Trinajstić information content (AvgIpc) is 1.63. The van der Waals surface area contributed by atoms with Gasteiger partial charge in [-0.2, -0.15) is 0 Å². The molecule has 0 bridgehead atoms. The fourth-order valence-corrected chi connectivity index (χ4v) is 0.799. The van der Waals surface area contributed by atoms with E-state index in [2.05, 4.69) is 0 Å². The molecule has 0 aliphatic rings. The molecule has 0 atom stereocenters. The third-order valence-electron chi connectivity index (χ3n) is 0.764. The van der Waals surface area contributed by atoms with Crippen molar-refractivity contribution in [1.29, 1.82) is 0 Å². The zero-order chi connectivity index (χ0) is 7.28. The lowest BCUT2D eigenvalue weighted by Crippen LogP contribution is -2.10. The maximum absolute atomic E-state index is 10.0. The number of carbonyl (C=O) groups excluding carboxylic acids is 1. The molecule has 2 N–H and O–H groups in total. The summed E-state index contributed by atoms with van der Waals surface area (Å²) in [5.41, 5.74) is 4.74. The summed E-state index contributed by atoms with van der Waals surface area (Å²) in [7, 11) is -2.34. The van der Waals surface area contributed by atoms with E-state index in [1.54, 1.807) is 0 Å². The Kier molecular flexibility index (Phi) is 8.46. The summed E-state index contributed by atoms with van der Waals surface area (Å²) in [6, 6.07) is 0. The van der Waals surface area contributed by atoms with Gasteiger partial charge in [0.05, 0.1) is 0 Å². The van der Waals surface area contributed by atoms with Gasteiger partial charge in [0.2, 0.25) is 5.91 Å². The third-order valence-corrected chi connectivity index (χ3v) is 1.45. The highest BCUT2D eigenvalue weighted by Crippen LogP contribution is 1.85. The number of carbonyl (C=O) groups is 1. The van der Waals surface area contributed by atoms with Crippen LogP contribution in [0.3, 0.4) is 0 Å². The number of hydrogen-bond donors (Lipinski definition) is 2. The van der Waals surface area contributed by atoms with Crippen molar-refractivity contribution in [2.45, 2.75) is 12.8 Å². The molecule has 0 saturated carbocycles. The van der Waals surface area contributed by atoms with Gasteiger partial charge in [-0.15, -0.1) is 12.4 Å². The van der Waals surface area contributed by atoms with Crippen LogP contribution in [0, 0.1) is 0 Å². The minimum Gasteiger partial charge on any atom is -0.370 e. The van der Waals surface area contributed by atoms with Crippen molar-refractivity contribution in [3.63, 3.8) is 0 Å². The Bertz CT molecular complexity index is 160. The molecule has 0 rings (SSSR count). The molecular formula is C4H10ClNO3S. The standard InChI is InChI=1S/C4H9NO3S.ClH/c5-4(6)2-1-3-9(7)8;/h9H,1-3H2,(H2,5,6);1H. The first-order valence-corrected chi connectivity index (χ1v) is 3.89. The molecule has 0 aromatic carbocycles. The Hall–Kier alpha value is -0.290. The predicted octanol–water partition coefficient (Wildman–Crippen LogP) is -0.715. The van der Waals surface area contributed by atoms with Crippen LogP contribution in [0.2, 0.25) is 0 Å². The van der Waals surface area contributed by atoms with Crippen LogP contribution in [0.25, 0.3) is 0 Å². The van der Waals surface area contributed by atoms with Gasteiger partial charge < -0.3 is 5.73 Å². The SMILES string of the molecule is Cl.NC(=O)CCC[SH](=O)=O. The van der Waals surface area contributed by atoms with E-state index in [-0.39, 0.29) is 24.6 Å². The molecule has 10 heavy (non-hydrogen) atoms. The van der Waals surface area contributed by atoms with Gasteiger partial charge >= 0.3 is 0 Å². The van der Waals surface area contributed by atoms with E-state index in [9.17, 15) is 13.2 Å². The highest BCUT2D eigenvalue weighted by atomic mass is 35.5. The highest BCUT2D eigenvalue weighted by molar-refractivity contribution is 7.72. The maximum atomic E-state index is 10.0. The lowest BCUT2D eigenvalue weighted by atomic mass is 10.3. The Morgan fingerprint density at radius 3 is 2.20 bits per heavy atom. The first kappa shape index (κ1) is 12.4. The van der Waals surface area contributed by atoms with Crippen LogP contribution in [0.1, 0.15) is 12.8 Å². The zero-order valence-electron chi connectivity index (χ0n) is 5.28. The van der Waals surface area contributed by atoms with Crippen molar-refractivity contribution < 1.29 is 13.2 Å². The summed E-state index contributed by atoms with van der Waals surface area (Å²) in [6.07, 6.45) is 0.497. The van der Waals surface area contributed by atoms with Crippen LogP contribution in [-0.4, -0.2) is 20.1 Å². The zero-order valence-corrected chi connectivity index (χ0v) is 6.99. The van der Waals surface area contributed by atoms with E-state index in [1.807, 2.05) is 0 Å². The smallest absolute Gasteiger partial charge is 0.217 e. The topological polar surface area (TPSA) is 77.2 Å². The van der Waals surface area contributed by atoms with Crippen molar-refractivity contribution >= 4 is 29.0 Å². The van der Waals surface area contributed by atoms with Crippen LogP contribution >= 0.6 is 12.4 Å². The first-order valence-electron chi connectivity index (χ1n) is 2.53. The van der Waals surface area contributed by atoms with Crippen molar-refractivity contribution in [2.24, 2.45) is 5.73 Å². The molecule has 1 amide bonds. The molecular weight excluding hydrogens is 178 g/mol. The Balaban J connectivity index is 0. The fourth-order valence-electron chi connectivity index (χ4n) is 0.382. The molecule has 0 spiro atoms. The van der Waals surface area contributed by atoms with E-state index >= 15 is 0 Å². The van der Waals surface area contributed by atoms with E-state index in [0.29, 0.717) is 6.42 Å². The molecule has 0 fully saturated rings. The lowest BCUT2D eigenvalue weighted by molar-refractivity contribution is -0.118. The number of primary amides is 1. The molecule has 0 aromatic heterocycles. The third kappa shape index (κ3) is 10.6. The second kappa shape index (κ2) is 6.82. The van der Waals surface area contributed by atoms with E-state index < -0.39 is 16.6 Å². The normalized spacial score (nSPS) is 8.90. The minimum atomic E-state index is -2.34. The fraction of sp³-hybridized carbons (Fsp3) is 0.750. The molecule has 0 aromatic rings. The lowest BCUT2D eigenvalue weighted by Gasteiger charge is -1.87. The first-order chi connectivity index (χ1) is 4.13. The summed E-state index contributed by atoms with van der Waals surface area (Å²) >= 11 is 0. The van der Waals surface area contributed by atoms with Crippen LogP contribution in [0.15, 0.2) is 0 Å². The average molecular weight is 188 g/mol. The van der Waals surface area contributed by atoms with E-state index in [1.165, 1.54) is 0 Å². The Morgan fingerprint density at radius 1 is 1.40 bits per heavy atom. The molecule has 62 valence electrons. The maximum Gasteiger partial charge on any atom is 0.217 e.